The maximum Gasteiger partial charge on any atom is 0.162 e. The molecule has 0 aromatic heterocycles. The molecule has 31 heavy (non-hydrogen) atoms. The number of Topliss-reactive ketones (excluding diaryl/α,β-unsaturated/α-hetero) is 1. The molecule has 3 rings (SSSR count). The van der Waals surface area contributed by atoms with Crippen molar-refractivity contribution in [3.8, 4) is 5.75 Å². The molecule has 2 aromatic rings. The lowest BCUT2D eigenvalue weighted by molar-refractivity contribution is 0.0979. The Balaban J connectivity index is 1.21. The largest absolute Gasteiger partial charge is 0.495 e. The molecule has 0 spiro atoms. The standard InChI is InChI=1S/C26H35FN2O2/c1-31-26-12-8-7-10-24(26)29-20-18-28(19-21-29)17-9-5-3-2-4-6-11-25(30)22-13-15-23(27)16-14-22/h7-8,10,12-16H,2-6,9,11,17-21H2,1H3. The molecule has 0 bridgehead atoms. The first-order valence-corrected chi connectivity index (χ1v) is 11.6. The Labute approximate surface area is 186 Å². The van der Waals surface area contributed by atoms with Crippen LogP contribution in [0.5, 0.6) is 5.75 Å². The summed E-state index contributed by atoms with van der Waals surface area (Å²) in [6.07, 6.45) is 7.46. The molecular weight excluding hydrogens is 391 g/mol. The Kier molecular flexibility index (Phi) is 9.35. The van der Waals surface area contributed by atoms with Crippen LogP contribution in [0.25, 0.3) is 0 Å². The molecule has 1 aliphatic rings. The van der Waals surface area contributed by atoms with Crippen LogP contribution in [0.15, 0.2) is 48.5 Å². The van der Waals surface area contributed by atoms with Gasteiger partial charge in [0.25, 0.3) is 0 Å². The molecule has 0 aliphatic carbocycles. The van der Waals surface area contributed by atoms with E-state index in [1.807, 2.05) is 12.1 Å². The molecule has 0 unspecified atom stereocenters. The van der Waals surface area contributed by atoms with Crippen molar-refractivity contribution in [1.82, 2.24) is 4.90 Å². The summed E-state index contributed by atoms with van der Waals surface area (Å²) in [6.45, 7) is 5.46. The number of para-hydroxylation sites is 2. The summed E-state index contributed by atoms with van der Waals surface area (Å²) in [5.74, 6) is 0.775. The number of carbonyl (C=O) groups excluding carboxylic acids is 1. The van der Waals surface area contributed by atoms with E-state index < -0.39 is 0 Å². The van der Waals surface area contributed by atoms with E-state index in [-0.39, 0.29) is 11.6 Å². The van der Waals surface area contributed by atoms with E-state index in [0.717, 1.165) is 44.8 Å². The van der Waals surface area contributed by atoms with E-state index in [1.165, 1.54) is 50.0 Å². The van der Waals surface area contributed by atoms with Gasteiger partial charge in [-0.25, -0.2) is 4.39 Å². The number of carbonyl (C=O) groups is 1. The topological polar surface area (TPSA) is 32.8 Å². The lowest BCUT2D eigenvalue weighted by Crippen LogP contribution is -2.46. The van der Waals surface area contributed by atoms with Gasteiger partial charge in [-0.15, -0.1) is 0 Å². The van der Waals surface area contributed by atoms with Crippen LogP contribution < -0.4 is 9.64 Å². The van der Waals surface area contributed by atoms with Gasteiger partial charge in [-0.1, -0.05) is 37.8 Å². The summed E-state index contributed by atoms with van der Waals surface area (Å²) in [5, 5.41) is 0. The fraction of sp³-hybridized carbons (Fsp3) is 0.500. The molecule has 0 saturated carbocycles. The average molecular weight is 427 g/mol. The Bertz CT molecular complexity index is 801. The van der Waals surface area contributed by atoms with Gasteiger partial charge in [0.2, 0.25) is 0 Å². The zero-order valence-electron chi connectivity index (χ0n) is 18.7. The third-order valence-electron chi connectivity index (χ3n) is 6.09. The van der Waals surface area contributed by atoms with Crippen molar-refractivity contribution in [3.63, 3.8) is 0 Å². The number of anilines is 1. The van der Waals surface area contributed by atoms with Gasteiger partial charge in [0.05, 0.1) is 12.8 Å². The fourth-order valence-electron chi connectivity index (χ4n) is 4.21. The first-order valence-electron chi connectivity index (χ1n) is 11.6. The summed E-state index contributed by atoms with van der Waals surface area (Å²) in [7, 11) is 1.73. The van der Waals surface area contributed by atoms with Crippen molar-refractivity contribution >= 4 is 11.5 Å². The molecule has 1 heterocycles. The van der Waals surface area contributed by atoms with Crippen molar-refractivity contribution in [3.05, 3.63) is 59.9 Å². The molecule has 0 amide bonds. The number of rotatable bonds is 12. The van der Waals surface area contributed by atoms with Crippen LogP contribution in [0.1, 0.15) is 55.3 Å². The number of ketones is 1. The molecule has 0 atom stereocenters. The summed E-state index contributed by atoms with van der Waals surface area (Å²) >= 11 is 0. The number of nitrogens with zero attached hydrogens (tertiary/aromatic N) is 2. The fourth-order valence-corrected chi connectivity index (χ4v) is 4.21. The van der Waals surface area contributed by atoms with Crippen LogP contribution in [0.4, 0.5) is 10.1 Å². The van der Waals surface area contributed by atoms with E-state index in [4.69, 9.17) is 4.74 Å². The van der Waals surface area contributed by atoms with Crippen LogP contribution in [0, 0.1) is 5.82 Å². The Hall–Kier alpha value is -2.40. The number of ether oxygens (including phenoxy) is 1. The monoisotopic (exact) mass is 426 g/mol. The van der Waals surface area contributed by atoms with Crippen molar-refractivity contribution in [2.24, 2.45) is 0 Å². The number of halogens is 1. The summed E-state index contributed by atoms with van der Waals surface area (Å²) < 4.78 is 18.4. The van der Waals surface area contributed by atoms with Gasteiger partial charge >= 0.3 is 0 Å². The highest BCUT2D eigenvalue weighted by Gasteiger charge is 2.18. The highest BCUT2D eigenvalue weighted by Crippen LogP contribution is 2.28. The molecule has 2 aromatic carbocycles. The van der Waals surface area contributed by atoms with Crippen LogP contribution in [0.2, 0.25) is 0 Å². The summed E-state index contributed by atoms with van der Waals surface area (Å²) in [5.41, 5.74) is 1.81. The summed E-state index contributed by atoms with van der Waals surface area (Å²) in [4.78, 5) is 17.1. The van der Waals surface area contributed by atoms with Gasteiger partial charge in [0.1, 0.15) is 11.6 Å². The smallest absolute Gasteiger partial charge is 0.162 e. The van der Waals surface area contributed by atoms with Crippen LogP contribution >= 0.6 is 0 Å². The third kappa shape index (κ3) is 7.35. The number of piperazine rings is 1. The van der Waals surface area contributed by atoms with E-state index >= 15 is 0 Å². The van der Waals surface area contributed by atoms with E-state index in [0.29, 0.717) is 12.0 Å². The second-order valence-electron chi connectivity index (χ2n) is 8.30. The van der Waals surface area contributed by atoms with Gasteiger partial charge in [-0.3, -0.25) is 9.69 Å². The number of unbranched alkanes of at least 4 members (excludes halogenated alkanes) is 5. The zero-order chi connectivity index (χ0) is 21.9. The first-order chi connectivity index (χ1) is 15.2. The molecule has 1 fully saturated rings. The zero-order valence-corrected chi connectivity index (χ0v) is 18.7. The van der Waals surface area contributed by atoms with E-state index in [1.54, 1.807) is 19.2 Å². The van der Waals surface area contributed by atoms with Crippen molar-refractivity contribution in [1.29, 1.82) is 0 Å². The van der Waals surface area contributed by atoms with Crippen molar-refractivity contribution < 1.29 is 13.9 Å². The highest BCUT2D eigenvalue weighted by atomic mass is 19.1. The molecule has 0 N–H and O–H groups in total. The van der Waals surface area contributed by atoms with Crippen LogP contribution in [-0.4, -0.2) is 50.5 Å². The number of hydrogen-bond acceptors (Lipinski definition) is 4. The average Bonchev–Trinajstić information content (AvgIpc) is 2.81. The molecule has 1 saturated heterocycles. The maximum absolute atomic E-state index is 12.9. The van der Waals surface area contributed by atoms with Crippen molar-refractivity contribution in [2.45, 2.75) is 44.9 Å². The van der Waals surface area contributed by atoms with Gasteiger partial charge in [-0.2, -0.15) is 0 Å². The molecule has 168 valence electrons. The van der Waals surface area contributed by atoms with Gasteiger partial charge in [0, 0.05) is 38.2 Å². The first kappa shape index (κ1) is 23.3. The quantitative estimate of drug-likeness (QED) is 0.328. The van der Waals surface area contributed by atoms with E-state index in [2.05, 4.69) is 21.9 Å². The Morgan fingerprint density at radius 1 is 0.871 bits per heavy atom. The maximum atomic E-state index is 12.9. The summed E-state index contributed by atoms with van der Waals surface area (Å²) in [6, 6.07) is 14.1. The molecular formula is C26H35FN2O2. The Morgan fingerprint density at radius 2 is 1.52 bits per heavy atom. The molecule has 0 radical (unpaired) electrons. The minimum atomic E-state index is -0.296. The number of benzene rings is 2. The minimum Gasteiger partial charge on any atom is -0.495 e. The van der Waals surface area contributed by atoms with Gasteiger partial charge < -0.3 is 9.64 Å². The minimum absolute atomic E-state index is 0.118. The highest BCUT2D eigenvalue weighted by molar-refractivity contribution is 5.95. The predicted molar refractivity (Wildman–Crippen MR) is 125 cm³/mol. The number of hydrogen-bond donors (Lipinski definition) is 0. The molecule has 4 nitrogen and oxygen atoms in total. The van der Waals surface area contributed by atoms with Gasteiger partial charge in [0.15, 0.2) is 5.78 Å². The molecule has 1 aliphatic heterocycles. The predicted octanol–water partition coefficient (Wildman–Crippen LogP) is 5.57. The van der Waals surface area contributed by atoms with Crippen LogP contribution in [0.3, 0.4) is 0 Å². The van der Waals surface area contributed by atoms with Crippen molar-refractivity contribution in [2.75, 3.05) is 44.7 Å². The normalized spacial score (nSPS) is 14.6. The van der Waals surface area contributed by atoms with E-state index in [9.17, 15) is 9.18 Å². The Morgan fingerprint density at radius 3 is 2.23 bits per heavy atom. The second kappa shape index (κ2) is 12.5. The SMILES string of the molecule is COc1ccccc1N1CCN(CCCCCCCCC(=O)c2ccc(F)cc2)CC1. The second-order valence-corrected chi connectivity index (χ2v) is 8.30. The molecule has 5 heteroatoms. The lowest BCUT2D eigenvalue weighted by atomic mass is 10.0. The third-order valence-corrected chi connectivity index (χ3v) is 6.09. The van der Waals surface area contributed by atoms with Crippen LogP contribution in [-0.2, 0) is 0 Å². The number of methoxy groups -OCH3 is 1. The lowest BCUT2D eigenvalue weighted by Gasteiger charge is -2.36. The van der Waals surface area contributed by atoms with Gasteiger partial charge in [-0.05, 0) is 55.8 Å².